The topological polar surface area (TPSA) is 37.9 Å². The molecule has 0 atom stereocenters. The number of hydrogen-bond acceptors (Lipinski definition) is 2. The summed E-state index contributed by atoms with van der Waals surface area (Å²) < 4.78 is 6.48. The third-order valence-electron chi connectivity index (χ3n) is 3.86. The van der Waals surface area contributed by atoms with Crippen LogP contribution in [0.1, 0.15) is 0 Å². The van der Waals surface area contributed by atoms with E-state index in [0.717, 1.165) is 32.4 Å². The fourth-order valence-corrected chi connectivity index (χ4v) is 3.29. The second-order valence-electron chi connectivity index (χ2n) is 5.14. The van der Waals surface area contributed by atoms with Gasteiger partial charge in [-0.15, -0.1) is 0 Å². The van der Waals surface area contributed by atoms with E-state index < -0.39 is 0 Å². The quantitative estimate of drug-likeness (QED) is 0.541. The van der Waals surface area contributed by atoms with Crippen molar-refractivity contribution < 1.29 is 4.74 Å². The Hall–Kier alpha value is -2.33. The molecule has 1 N–H and O–H groups in total. The lowest BCUT2D eigenvalue weighted by atomic mass is 10.0. The molecule has 4 heteroatoms. The maximum Gasteiger partial charge on any atom is 0.144 e. The summed E-state index contributed by atoms with van der Waals surface area (Å²) in [6, 6.07) is 18.7. The smallest absolute Gasteiger partial charge is 0.144 e. The minimum Gasteiger partial charge on any atom is -0.495 e. The molecular formula is C18H13BrN2O. The lowest BCUT2D eigenvalue weighted by Crippen LogP contribution is -1.87. The Morgan fingerprint density at radius 2 is 1.82 bits per heavy atom. The molecule has 0 aliphatic carbocycles. The number of benzene rings is 3. The highest BCUT2D eigenvalue weighted by molar-refractivity contribution is 9.10. The van der Waals surface area contributed by atoms with E-state index in [1.165, 1.54) is 10.8 Å². The fourth-order valence-electron chi connectivity index (χ4n) is 2.80. The third kappa shape index (κ3) is 1.99. The van der Waals surface area contributed by atoms with E-state index >= 15 is 0 Å². The lowest BCUT2D eigenvalue weighted by molar-refractivity contribution is 0.417. The Labute approximate surface area is 136 Å². The van der Waals surface area contributed by atoms with Gasteiger partial charge in [0.05, 0.1) is 22.5 Å². The summed E-state index contributed by atoms with van der Waals surface area (Å²) in [4.78, 5) is 0. The summed E-state index contributed by atoms with van der Waals surface area (Å²) in [5.74, 6) is 0.800. The number of fused-ring (bicyclic) bond motifs is 2. The Morgan fingerprint density at radius 3 is 2.64 bits per heavy atom. The molecular weight excluding hydrogens is 340 g/mol. The first-order valence-corrected chi connectivity index (χ1v) is 7.77. The lowest BCUT2D eigenvalue weighted by Gasteiger charge is -2.07. The summed E-state index contributed by atoms with van der Waals surface area (Å²) >= 11 is 3.54. The van der Waals surface area contributed by atoms with Gasteiger partial charge in [0.15, 0.2) is 0 Å². The van der Waals surface area contributed by atoms with Crippen molar-refractivity contribution in [2.75, 3.05) is 7.11 Å². The average molecular weight is 353 g/mol. The van der Waals surface area contributed by atoms with Gasteiger partial charge in [-0.1, -0.05) is 36.4 Å². The van der Waals surface area contributed by atoms with Gasteiger partial charge in [0.1, 0.15) is 11.4 Å². The average Bonchev–Trinajstić information content (AvgIpc) is 2.98. The molecule has 0 saturated carbocycles. The van der Waals surface area contributed by atoms with Crippen LogP contribution in [0.15, 0.2) is 59.1 Å². The van der Waals surface area contributed by atoms with E-state index in [2.05, 4.69) is 56.5 Å². The number of methoxy groups -OCH3 is 1. The SMILES string of the molecule is COc1c(Br)ccc2[nH]nc(-c3ccc4ccccc4c3)c12. The van der Waals surface area contributed by atoms with Crippen LogP contribution in [0.5, 0.6) is 5.75 Å². The van der Waals surface area contributed by atoms with Gasteiger partial charge < -0.3 is 4.74 Å². The van der Waals surface area contributed by atoms with E-state index in [1.54, 1.807) is 7.11 Å². The Morgan fingerprint density at radius 1 is 1.00 bits per heavy atom. The van der Waals surface area contributed by atoms with Gasteiger partial charge in [-0.05, 0) is 44.9 Å². The van der Waals surface area contributed by atoms with Crippen LogP contribution in [0.4, 0.5) is 0 Å². The molecule has 0 spiro atoms. The van der Waals surface area contributed by atoms with Gasteiger partial charge in [0.2, 0.25) is 0 Å². The highest BCUT2D eigenvalue weighted by atomic mass is 79.9. The monoisotopic (exact) mass is 352 g/mol. The minimum absolute atomic E-state index is 0.800. The first-order valence-electron chi connectivity index (χ1n) is 6.97. The van der Waals surface area contributed by atoms with Gasteiger partial charge in [-0.3, -0.25) is 5.10 Å². The van der Waals surface area contributed by atoms with Gasteiger partial charge in [-0.25, -0.2) is 0 Å². The zero-order chi connectivity index (χ0) is 15.1. The van der Waals surface area contributed by atoms with E-state index in [4.69, 9.17) is 4.74 Å². The zero-order valence-electron chi connectivity index (χ0n) is 11.9. The molecule has 0 amide bonds. The van der Waals surface area contributed by atoms with Crippen LogP contribution in [-0.4, -0.2) is 17.3 Å². The van der Waals surface area contributed by atoms with E-state index in [1.807, 2.05) is 24.3 Å². The number of H-pyrrole nitrogens is 1. The first kappa shape index (κ1) is 13.3. The van der Waals surface area contributed by atoms with Crippen molar-refractivity contribution in [2.24, 2.45) is 0 Å². The van der Waals surface area contributed by atoms with Crippen LogP contribution < -0.4 is 4.74 Å². The highest BCUT2D eigenvalue weighted by Gasteiger charge is 2.15. The molecule has 0 aliphatic heterocycles. The molecule has 1 heterocycles. The summed E-state index contributed by atoms with van der Waals surface area (Å²) in [6.07, 6.45) is 0. The van der Waals surface area contributed by atoms with Crippen molar-refractivity contribution >= 4 is 37.6 Å². The number of ether oxygens (including phenoxy) is 1. The second-order valence-corrected chi connectivity index (χ2v) is 5.99. The Balaban J connectivity index is 2.01. The van der Waals surface area contributed by atoms with E-state index in [9.17, 15) is 0 Å². The van der Waals surface area contributed by atoms with E-state index in [0.29, 0.717) is 0 Å². The number of rotatable bonds is 2. The van der Waals surface area contributed by atoms with Gasteiger partial charge in [0, 0.05) is 5.56 Å². The number of halogens is 1. The maximum absolute atomic E-state index is 5.56. The summed E-state index contributed by atoms with van der Waals surface area (Å²) in [7, 11) is 1.68. The molecule has 4 rings (SSSR count). The summed E-state index contributed by atoms with van der Waals surface area (Å²) in [6.45, 7) is 0. The molecule has 1 aromatic heterocycles. The highest BCUT2D eigenvalue weighted by Crippen LogP contribution is 2.39. The van der Waals surface area contributed by atoms with Crippen molar-refractivity contribution in [3.05, 3.63) is 59.1 Å². The standard InChI is InChI=1S/C18H13BrN2O/c1-22-18-14(19)8-9-15-16(18)17(21-20-15)13-7-6-11-4-2-3-5-12(11)10-13/h2-10H,1H3,(H,20,21). The zero-order valence-corrected chi connectivity index (χ0v) is 13.5. The van der Waals surface area contributed by atoms with Crippen LogP contribution in [0, 0.1) is 0 Å². The van der Waals surface area contributed by atoms with Gasteiger partial charge in [-0.2, -0.15) is 5.10 Å². The molecule has 0 unspecified atom stereocenters. The largest absolute Gasteiger partial charge is 0.495 e. The molecule has 3 nitrogen and oxygen atoms in total. The van der Waals surface area contributed by atoms with Crippen molar-refractivity contribution in [1.82, 2.24) is 10.2 Å². The van der Waals surface area contributed by atoms with Gasteiger partial charge in [0.25, 0.3) is 0 Å². The molecule has 4 aromatic rings. The van der Waals surface area contributed by atoms with Crippen LogP contribution in [-0.2, 0) is 0 Å². The predicted molar refractivity (Wildman–Crippen MR) is 93.3 cm³/mol. The molecule has 0 fully saturated rings. The first-order chi connectivity index (χ1) is 10.8. The maximum atomic E-state index is 5.56. The number of aromatic nitrogens is 2. The Kier molecular flexibility index (Phi) is 3.12. The predicted octanol–water partition coefficient (Wildman–Crippen LogP) is 5.15. The normalized spacial score (nSPS) is 11.2. The molecule has 3 aromatic carbocycles. The molecule has 22 heavy (non-hydrogen) atoms. The van der Waals surface area contributed by atoms with Crippen molar-refractivity contribution in [3.8, 4) is 17.0 Å². The summed E-state index contributed by atoms with van der Waals surface area (Å²) in [5, 5.41) is 11.0. The molecule has 0 radical (unpaired) electrons. The molecule has 0 bridgehead atoms. The number of nitrogens with one attached hydrogen (secondary N) is 1. The van der Waals surface area contributed by atoms with Crippen molar-refractivity contribution in [2.45, 2.75) is 0 Å². The minimum atomic E-state index is 0.800. The second kappa shape index (κ2) is 5.14. The van der Waals surface area contributed by atoms with Crippen LogP contribution in [0.3, 0.4) is 0 Å². The molecule has 0 saturated heterocycles. The number of nitrogens with zero attached hydrogens (tertiary/aromatic N) is 1. The molecule has 108 valence electrons. The van der Waals surface area contributed by atoms with Crippen LogP contribution in [0.2, 0.25) is 0 Å². The van der Waals surface area contributed by atoms with E-state index in [-0.39, 0.29) is 0 Å². The number of hydrogen-bond donors (Lipinski definition) is 1. The Bertz CT molecular complexity index is 991. The van der Waals surface area contributed by atoms with Crippen LogP contribution in [0.25, 0.3) is 32.9 Å². The van der Waals surface area contributed by atoms with Crippen molar-refractivity contribution in [1.29, 1.82) is 0 Å². The summed E-state index contributed by atoms with van der Waals surface area (Å²) in [5.41, 5.74) is 2.93. The number of aromatic amines is 1. The van der Waals surface area contributed by atoms with Crippen LogP contribution >= 0.6 is 15.9 Å². The van der Waals surface area contributed by atoms with Gasteiger partial charge >= 0.3 is 0 Å². The third-order valence-corrected chi connectivity index (χ3v) is 4.49. The van der Waals surface area contributed by atoms with Crippen molar-refractivity contribution in [3.63, 3.8) is 0 Å². The fraction of sp³-hybridized carbons (Fsp3) is 0.0556. The molecule has 0 aliphatic rings.